The van der Waals surface area contributed by atoms with Gasteiger partial charge >= 0.3 is 0 Å². The zero-order valence-electron chi connectivity index (χ0n) is 12.7. The standard InChI is InChI=1S/C13H17ClN4O4S/c1-17(13(23)15-6-3-7-22-2)16-12(19)10-8-9(18(20)21)4-5-11(10)14/h4-5,8H,3,6-7H2,1-2H3,(H,15,23)(H,16,19). The van der Waals surface area contributed by atoms with Crippen LogP contribution in [-0.4, -0.2) is 48.3 Å². The number of halogens is 1. The van der Waals surface area contributed by atoms with E-state index in [1.807, 2.05) is 0 Å². The van der Waals surface area contributed by atoms with Gasteiger partial charge in [0.25, 0.3) is 11.6 Å². The molecule has 0 fully saturated rings. The fraction of sp³-hybridized carbons (Fsp3) is 0.385. The molecule has 0 heterocycles. The first-order chi connectivity index (χ1) is 10.9. The van der Waals surface area contributed by atoms with Crippen LogP contribution in [0.25, 0.3) is 0 Å². The van der Waals surface area contributed by atoms with Crippen LogP contribution >= 0.6 is 23.8 Å². The minimum absolute atomic E-state index is 0.00472. The number of amides is 1. The van der Waals surface area contributed by atoms with Gasteiger partial charge < -0.3 is 10.1 Å². The summed E-state index contributed by atoms with van der Waals surface area (Å²) in [6.07, 6.45) is 0.759. The summed E-state index contributed by atoms with van der Waals surface area (Å²) in [6, 6.07) is 3.64. The largest absolute Gasteiger partial charge is 0.385 e. The smallest absolute Gasteiger partial charge is 0.271 e. The minimum atomic E-state index is -0.598. The fourth-order valence-electron chi connectivity index (χ4n) is 1.59. The lowest BCUT2D eigenvalue weighted by atomic mass is 10.2. The normalized spacial score (nSPS) is 10.0. The third-order valence-electron chi connectivity index (χ3n) is 2.78. The average Bonchev–Trinajstić information content (AvgIpc) is 2.51. The molecule has 0 unspecified atom stereocenters. The average molecular weight is 361 g/mol. The van der Waals surface area contributed by atoms with Crippen LogP contribution in [0.4, 0.5) is 5.69 Å². The second kappa shape index (κ2) is 9.23. The van der Waals surface area contributed by atoms with Crippen LogP contribution in [0.15, 0.2) is 18.2 Å². The van der Waals surface area contributed by atoms with E-state index in [-0.39, 0.29) is 16.3 Å². The van der Waals surface area contributed by atoms with Crippen LogP contribution in [-0.2, 0) is 4.74 Å². The summed E-state index contributed by atoms with van der Waals surface area (Å²) in [5.74, 6) is -0.595. The Kier molecular flexibility index (Phi) is 7.66. The summed E-state index contributed by atoms with van der Waals surface area (Å²) in [5.41, 5.74) is 2.27. The Morgan fingerprint density at radius 2 is 2.22 bits per heavy atom. The Balaban J connectivity index is 2.66. The molecule has 10 heteroatoms. The lowest BCUT2D eigenvalue weighted by Crippen LogP contribution is -2.48. The molecule has 23 heavy (non-hydrogen) atoms. The van der Waals surface area contributed by atoms with Crippen molar-refractivity contribution < 1.29 is 14.5 Å². The Labute approximate surface area is 143 Å². The number of non-ortho nitro benzene ring substituents is 1. The van der Waals surface area contributed by atoms with Crippen molar-refractivity contribution >= 4 is 40.5 Å². The Hall–Kier alpha value is -1.97. The molecule has 2 N–H and O–H groups in total. The number of thiocarbonyl (C=S) groups is 1. The number of ether oxygens (including phenoxy) is 1. The highest BCUT2D eigenvalue weighted by Crippen LogP contribution is 2.21. The van der Waals surface area contributed by atoms with Crippen LogP contribution < -0.4 is 10.7 Å². The van der Waals surface area contributed by atoms with Gasteiger partial charge in [-0.3, -0.25) is 25.3 Å². The molecule has 0 spiro atoms. The van der Waals surface area contributed by atoms with E-state index in [1.54, 1.807) is 14.2 Å². The topological polar surface area (TPSA) is 96.7 Å². The number of nitro groups is 1. The van der Waals surface area contributed by atoms with Crippen molar-refractivity contribution in [3.05, 3.63) is 38.9 Å². The minimum Gasteiger partial charge on any atom is -0.385 e. The number of hydrogen-bond donors (Lipinski definition) is 2. The van der Waals surface area contributed by atoms with Gasteiger partial charge in [0.1, 0.15) is 0 Å². The first kappa shape index (κ1) is 19.1. The maximum atomic E-state index is 12.2. The zero-order valence-corrected chi connectivity index (χ0v) is 14.2. The van der Waals surface area contributed by atoms with E-state index in [9.17, 15) is 14.9 Å². The molecule has 0 aliphatic heterocycles. The highest BCUT2D eigenvalue weighted by Gasteiger charge is 2.17. The van der Waals surface area contributed by atoms with E-state index >= 15 is 0 Å². The number of methoxy groups -OCH3 is 1. The van der Waals surface area contributed by atoms with Crippen molar-refractivity contribution in [2.24, 2.45) is 0 Å². The summed E-state index contributed by atoms with van der Waals surface area (Å²) in [6.45, 7) is 1.18. The number of nitrogens with one attached hydrogen (secondary N) is 2. The molecule has 0 aliphatic carbocycles. The third-order valence-corrected chi connectivity index (χ3v) is 3.53. The quantitative estimate of drug-likeness (QED) is 0.345. The number of hydrazine groups is 1. The van der Waals surface area contributed by atoms with E-state index in [1.165, 1.54) is 17.1 Å². The van der Waals surface area contributed by atoms with E-state index < -0.39 is 10.8 Å². The van der Waals surface area contributed by atoms with Crippen LogP contribution in [0, 0.1) is 10.1 Å². The number of carbonyl (C=O) groups is 1. The molecule has 0 aromatic heterocycles. The van der Waals surface area contributed by atoms with Gasteiger partial charge in [0.15, 0.2) is 5.11 Å². The molecule has 8 nitrogen and oxygen atoms in total. The molecule has 1 rings (SSSR count). The lowest BCUT2D eigenvalue weighted by molar-refractivity contribution is -0.384. The highest BCUT2D eigenvalue weighted by atomic mass is 35.5. The van der Waals surface area contributed by atoms with E-state index in [0.717, 1.165) is 12.5 Å². The van der Waals surface area contributed by atoms with Gasteiger partial charge in [0.05, 0.1) is 15.5 Å². The molecule has 0 aliphatic rings. The zero-order chi connectivity index (χ0) is 17.4. The summed E-state index contributed by atoms with van der Waals surface area (Å²) in [7, 11) is 3.16. The number of hydrogen-bond acceptors (Lipinski definition) is 5. The molecule has 0 saturated carbocycles. The molecule has 0 bridgehead atoms. The maximum absolute atomic E-state index is 12.2. The fourth-order valence-corrected chi connectivity index (χ4v) is 1.95. The maximum Gasteiger partial charge on any atom is 0.271 e. The predicted molar refractivity (Wildman–Crippen MR) is 90.4 cm³/mol. The monoisotopic (exact) mass is 360 g/mol. The van der Waals surface area contributed by atoms with Gasteiger partial charge in [0, 0.05) is 39.4 Å². The van der Waals surface area contributed by atoms with Crippen molar-refractivity contribution in [1.82, 2.24) is 15.8 Å². The number of nitro benzene ring substituents is 1. The molecular weight excluding hydrogens is 344 g/mol. The van der Waals surface area contributed by atoms with Crippen molar-refractivity contribution in [3.8, 4) is 0 Å². The second-order valence-corrected chi connectivity index (χ2v) is 5.29. The second-order valence-electron chi connectivity index (χ2n) is 4.50. The van der Waals surface area contributed by atoms with Gasteiger partial charge in [-0.05, 0) is 24.7 Å². The molecule has 1 aromatic carbocycles. The summed E-state index contributed by atoms with van der Waals surface area (Å²) < 4.78 is 4.91. The van der Waals surface area contributed by atoms with Crippen molar-refractivity contribution in [2.45, 2.75) is 6.42 Å². The third kappa shape index (κ3) is 5.97. The SMILES string of the molecule is COCCCNC(=S)N(C)NC(=O)c1cc([N+](=O)[O-])ccc1Cl. The number of nitrogens with zero attached hydrogens (tertiary/aromatic N) is 2. The number of rotatable bonds is 6. The summed E-state index contributed by atoms with van der Waals surface area (Å²) in [5, 5.41) is 15.4. The predicted octanol–water partition coefficient (Wildman–Crippen LogP) is 1.74. The Morgan fingerprint density at radius 1 is 1.52 bits per heavy atom. The first-order valence-corrected chi connectivity index (χ1v) is 7.41. The molecule has 1 aromatic rings. The Bertz CT molecular complexity index is 599. The van der Waals surface area contributed by atoms with Gasteiger partial charge in [-0.15, -0.1) is 0 Å². The molecule has 0 atom stereocenters. The Morgan fingerprint density at radius 3 is 2.83 bits per heavy atom. The van der Waals surface area contributed by atoms with Gasteiger partial charge in [-0.25, -0.2) is 0 Å². The van der Waals surface area contributed by atoms with Crippen LogP contribution in [0.3, 0.4) is 0 Å². The molecule has 126 valence electrons. The summed E-state index contributed by atoms with van der Waals surface area (Å²) in [4.78, 5) is 22.3. The van der Waals surface area contributed by atoms with Crippen molar-refractivity contribution in [3.63, 3.8) is 0 Å². The van der Waals surface area contributed by atoms with Gasteiger partial charge in [0.2, 0.25) is 0 Å². The number of benzene rings is 1. The summed E-state index contributed by atoms with van der Waals surface area (Å²) >= 11 is 11.0. The highest BCUT2D eigenvalue weighted by molar-refractivity contribution is 7.80. The van der Waals surface area contributed by atoms with Crippen molar-refractivity contribution in [1.29, 1.82) is 0 Å². The molecule has 0 radical (unpaired) electrons. The van der Waals surface area contributed by atoms with Gasteiger partial charge in [-0.2, -0.15) is 0 Å². The number of carbonyl (C=O) groups excluding carboxylic acids is 1. The lowest BCUT2D eigenvalue weighted by Gasteiger charge is -2.21. The molecule has 0 saturated heterocycles. The van der Waals surface area contributed by atoms with E-state index in [0.29, 0.717) is 18.3 Å². The van der Waals surface area contributed by atoms with E-state index in [4.69, 9.17) is 28.6 Å². The van der Waals surface area contributed by atoms with Crippen LogP contribution in [0.2, 0.25) is 5.02 Å². The van der Waals surface area contributed by atoms with Gasteiger partial charge in [-0.1, -0.05) is 11.6 Å². The van der Waals surface area contributed by atoms with Crippen LogP contribution in [0.1, 0.15) is 16.8 Å². The first-order valence-electron chi connectivity index (χ1n) is 6.62. The van der Waals surface area contributed by atoms with Crippen LogP contribution in [0.5, 0.6) is 0 Å². The molecular formula is C13H17ClN4O4S. The molecule has 1 amide bonds. The van der Waals surface area contributed by atoms with E-state index in [2.05, 4.69) is 10.7 Å². The van der Waals surface area contributed by atoms with Crippen molar-refractivity contribution in [2.75, 3.05) is 27.3 Å².